The Morgan fingerprint density at radius 2 is 2.12 bits per heavy atom. The SMILES string of the molecule is CNC1CCN(CC(=O)NCC2CC2)C1.Cl. The summed E-state index contributed by atoms with van der Waals surface area (Å²) < 4.78 is 0. The molecule has 0 aromatic heterocycles. The maximum Gasteiger partial charge on any atom is 0.234 e. The van der Waals surface area contributed by atoms with Gasteiger partial charge < -0.3 is 10.6 Å². The molecule has 0 aromatic rings. The quantitative estimate of drug-likeness (QED) is 0.731. The molecule has 0 spiro atoms. The van der Waals surface area contributed by atoms with Crippen LogP contribution in [-0.4, -0.2) is 50.1 Å². The van der Waals surface area contributed by atoms with Gasteiger partial charge in [-0.05, 0) is 32.2 Å². The van der Waals surface area contributed by atoms with Crippen LogP contribution >= 0.6 is 12.4 Å². The van der Waals surface area contributed by atoms with Crippen molar-refractivity contribution in [2.24, 2.45) is 5.92 Å². The molecule has 16 heavy (non-hydrogen) atoms. The molecule has 0 radical (unpaired) electrons. The van der Waals surface area contributed by atoms with Crippen molar-refractivity contribution in [2.45, 2.75) is 25.3 Å². The van der Waals surface area contributed by atoms with Crippen LogP contribution in [-0.2, 0) is 4.79 Å². The second-order valence-corrected chi connectivity index (χ2v) is 4.76. The minimum absolute atomic E-state index is 0. The molecule has 1 amide bonds. The first-order valence-electron chi connectivity index (χ1n) is 5.94. The van der Waals surface area contributed by atoms with Gasteiger partial charge in [0.1, 0.15) is 0 Å². The number of carbonyl (C=O) groups is 1. The van der Waals surface area contributed by atoms with Crippen LogP contribution in [0.1, 0.15) is 19.3 Å². The van der Waals surface area contributed by atoms with E-state index >= 15 is 0 Å². The van der Waals surface area contributed by atoms with Gasteiger partial charge in [0.05, 0.1) is 6.54 Å². The first kappa shape index (κ1) is 13.7. The molecule has 1 aliphatic heterocycles. The standard InChI is InChI=1S/C11H21N3O.ClH/c1-12-10-4-5-14(7-10)8-11(15)13-6-9-2-3-9;/h9-10,12H,2-8H2,1H3,(H,13,15);1H. The van der Waals surface area contributed by atoms with E-state index in [1.54, 1.807) is 0 Å². The maximum absolute atomic E-state index is 11.6. The van der Waals surface area contributed by atoms with Gasteiger partial charge in [-0.2, -0.15) is 0 Å². The molecule has 94 valence electrons. The molecule has 1 heterocycles. The zero-order valence-electron chi connectivity index (χ0n) is 9.87. The van der Waals surface area contributed by atoms with Crippen LogP contribution < -0.4 is 10.6 Å². The zero-order valence-corrected chi connectivity index (χ0v) is 10.7. The summed E-state index contributed by atoms with van der Waals surface area (Å²) in [6.45, 7) is 3.52. The van der Waals surface area contributed by atoms with Crippen LogP contribution in [0.4, 0.5) is 0 Å². The fourth-order valence-electron chi connectivity index (χ4n) is 2.05. The van der Waals surface area contributed by atoms with Gasteiger partial charge in [-0.25, -0.2) is 0 Å². The summed E-state index contributed by atoms with van der Waals surface area (Å²) in [7, 11) is 1.99. The van der Waals surface area contributed by atoms with Crippen molar-refractivity contribution in [3.8, 4) is 0 Å². The van der Waals surface area contributed by atoms with E-state index in [1.807, 2.05) is 7.05 Å². The number of hydrogen-bond acceptors (Lipinski definition) is 3. The van der Waals surface area contributed by atoms with Gasteiger partial charge in [0.2, 0.25) is 5.91 Å². The summed E-state index contributed by atoms with van der Waals surface area (Å²) in [5, 5.41) is 6.26. The van der Waals surface area contributed by atoms with E-state index in [0.717, 1.165) is 32.0 Å². The monoisotopic (exact) mass is 247 g/mol. The lowest BCUT2D eigenvalue weighted by atomic mass is 10.3. The van der Waals surface area contributed by atoms with Crippen molar-refractivity contribution in [2.75, 3.05) is 33.2 Å². The average Bonchev–Trinajstić information content (AvgIpc) is 2.96. The van der Waals surface area contributed by atoms with Crippen LogP contribution in [0.15, 0.2) is 0 Å². The Kier molecular flexibility index (Phi) is 5.52. The van der Waals surface area contributed by atoms with E-state index in [0.29, 0.717) is 12.6 Å². The third-order valence-electron chi connectivity index (χ3n) is 3.33. The Morgan fingerprint density at radius 3 is 2.69 bits per heavy atom. The third kappa shape index (κ3) is 4.28. The van der Waals surface area contributed by atoms with Gasteiger partial charge in [0.25, 0.3) is 0 Å². The fraction of sp³-hybridized carbons (Fsp3) is 0.909. The smallest absolute Gasteiger partial charge is 0.234 e. The summed E-state index contributed by atoms with van der Waals surface area (Å²) in [5.74, 6) is 0.969. The fourth-order valence-corrected chi connectivity index (χ4v) is 2.05. The molecule has 0 bridgehead atoms. The second-order valence-electron chi connectivity index (χ2n) is 4.76. The predicted molar refractivity (Wildman–Crippen MR) is 66.9 cm³/mol. The maximum atomic E-state index is 11.6. The zero-order chi connectivity index (χ0) is 10.7. The molecule has 0 aromatic carbocycles. The van der Waals surface area contributed by atoms with Crippen molar-refractivity contribution in [3.63, 3.8) is 0 Å². The van der Waals surface area contributed by atoms with Gasteiger partial charge in [-0.1, -0.05) is 0 Å². The van der Waals surface area contributed by atoms with Crippen LogP contribution in [0.3, 0.4) is 0 Å². The van der Waals surface area contributed by atoms with Gasteiger partial charge in [-0.3, -0.25) is 9.69 Å². The van der Waals surface area contributed by atoms with Crippen LogP contribution in [0.2, 0.25) is 0 Å². The van der Waals surface area contributed by atoms with Gasteiger partial charge >= 0.3 is 0 Å². The number of likely N-dealkylation sites (tertiary alicyclic amines) is 1. The highest BCUT2D eigenvalue weighted by atomic mass is 35.5. The van der Waals surface area contributed by atoms with Crippen molar-refractivity contribution in [3.05, 3.63) is 0 Å². The minimum Gasteiger partial charge on any atom is -0.355 e. The van der Waals surface area contributed by atoms with Crippen molar-refractivity contribution < 1.29 is 4.79 Å². The Balaban J connectivity index is 0.00000128. The first-order chi connectivity index (χ1) is 7.28. The number of carbonyl (C=O) groups excluding carboxylic acids is 1. The van der Waals surface area contributed by atoms with Crippen LogP contribution in [0, 0.1) is 5.92 Å². The molecule has 1 aliphatic carbocycles. The molecule has 2 aliphatic rings. The molecule has 5 heteroatoms. The number of halogens is 1. The number of hydrogen-bond donors (Lipinski definition) is 2. The Labute approximate surface area is 104 Å². The number of amides is 1. The van der Waals surface area contributed by atoms with E-state index < -0.39 is 0 Å². The highest BCUT2D eigenvalue weighted by molar-refractivity contribution is 5.85. The molecule has 4 nitrogen and oxygen atoms in total. The summed E-state index contributed by atoms with van der Waals surface area (Å²) in [5.41, 5.74) is 0. The molecule has 1 saturated carbocycles. The predicted octanol–water partition coefficient (Wildman–Crippen LogP) is 0.228. The number of nitrogens with one attached hydrogen (secondary N) is 2. The lowest BCUT2D eigenvalue weighted by molar-refractivity contribution is -0.122. The van der Waals surface area contributed by atoms with Gasteiger partial charge in [0.15, 0.2) is 0 Å². The summed E-state index contributed by atoms with van der Waals surface area (Å²) in [6.07, 6.45) is 3.75. The second kappa shape index (κ2) is 6.42. The number of rotatable bonds is 5. The molecule has 2 rings (SSSR count). The highest BCUT2D eigenvalue weighted by Gasteiger charge is 2.24. The molecular weight excluding hydrogens is 226 g/mol. The van der Waals surface area contributed by atoms with E-state index in [9.17, 15) is 4.79 Å². The Hall–Kier alpha value is -0.320. The summed E-state index contributed by atoms with van der Waals surface area (Å²) in [4.78, 5) is 13.8. The normalized spacial score (nSPS) is 25.2. The number of nitrogens with zero attached hydrogens (tertiary/aromatic N) is 1. The summed E-state index contributed by atoms with van der Waals surface area (Å²) in [6, 6.07) is 0.571. The highest BCUT2D eigenvalue weighted by Crippen LogP contribution is 2.27. The van der Waals surface area contributed by atoms with Gasteiger partial charge in [-0.15, -0.1) is 12.4 Å². The van der Waals surface area contributed by atoms with E-state index in [2.05, 4.69) is 15.5 Å². The number of likely N-dealkylation sites (N-methyl/N-ethyl adjacent to an activating group) is 1. The van der Waals surface area contributed by atoms with Crippen molar-refractivity contribution in [1.82, 2.24) is 15.5 Å². The lowest BCUT2D eigenvalue weighted by Crippen LogP contribution is -2.38. The van der Waals surface area contributed by atoms with Crippen LogP contribution in [0.5, 0.6) is 0 Å². The third-order valence-corrected chi connectivity index (χ3v) is 3.33. The lowest BCUT2D eigenvalue weighted by Gasteiger charge is -2.15. The molecule has 2 fully saturated rings. The van der Waals surface area contributed by atoms with E-state index in [1.165, 1.54) is 12.8 Å². The summed E-state index contributed by atoms with van der Waals surface area (Å²) >= 11 is 0. The first-order valence-corrected chi connectivity index (χ1v) is 5.94. The molecule has 2 N–H and O–H groups in total. The average molecular weight is 248 g/mol. The minimum atomic E-state index is 0. The van der Waals surface area contributed by atoms with E-state index in [-0.39, 0.29) is 18.3 Å². The topological polar surface area (TPSA) is 44.4 Å². The molecule has 1 unspecified atom stereocenters. The molecule has 1 saturated heterocycles. The Bertz CT molecular complexity index is 233. The molecule has 1 atom stereocenters. The van der Waals surface area contributed by atoms with E-state index in [4.69, 9.17) is 0 Å². The van der Waals surface area contributed by atoms with Crippen molar-refractivity contribution in [1.29, 1.82) is 0 Å². The Morgan fingerprint density at radius 1 is 1.38 bits per heavy atom. The van der Waals surface area contributed by atoms with Gasteiger partial charge in [0, 0.05) is 25.7 Å². The largest absolute Gasteiger partial charge is 0.355 e. The molecular formula is C11H22ClN3O. The van der Waals surface area contributed by atoms with Crippen molar-refractivity contribution >= 4 is 18.3 Å². The van der Waals surface area contributed by atoms with Crippen LogP contribution in [0.25, 0.3) is 0 Å².